The molecular formula is C22H27N7O3. The summed E-state index contributed by atoms with van der Waals surface area (Å²) in [5.41, 5.74) is 3.21. The molecule has 3 heterocycles. The van der Waals surface area contributed by atoms with E-state index in [2.05, 4.69) is 25.8 Å². The average molecular weight is 438 g/mol. The summed E-state index contributed by atoms with van der Waals surface area (Å²) in [4.78, 5) is 19.8. The molecule has 0 unspecified atom stereocenters. The molecule has 3 aromatic heterocycles. The van der Waals surface area contributed by atoms with Crippen LogP contribution < -0.4 is 20.1 Å². The Morgan fingerprint density at radius 3 is 2.72 bits per heavy atom. The van der Waals surface area contributed by atoms with Gasteiger partial charge in [0.1, 0.15) is 5.82 Å². The Morgan fingerprint density at radius 1 is 1.16 bits per heavy atom. The number of aromatic amines is 1. The minimum absolute atomic E-state index is 0.0416. The molecule has 4 rings (SSSR count). The fraction of sp³-hybridized carbons (Fsp3) is 0.364. The first-order valence-corrected chi connectivity index (χ1v) is 10.5. The average Bonchev–Trinajstić information content (AvgIpc) is 3.46. The van der Waals surface area contributed by atoms with Gasteiger partial charge in [-0.2, -0.15) is 0 Å². The van der Waals surface area contributed by atoms with Crippen molar-refractivity contribution < 1.29 is 14.3 Å². The number of hydrogen-bond acceptors (Lipinski definition) is 7. The van der Waals surface area contributed by atoms with Crippen LogP contribution in [-0.4, -0.2) is 51.2 Å². The largest absolute Gasteiger partial charge is 0.493 e. The zero-order chi connectivity index (χ0) is 22.5. The molecule has 10 nitrogen and oxygen atoms in total. The lowest BCUT2D eigenvalue weighted by Crippen LogP contribution is -2.22. The summed E-state index contributed by atoms with van der Waals surface area (Å²) in [7, 11) is 3.20. The van der Waals surface area contributed by atoms with Crippen LogP contribution in [0.5, 0.6) is 11.5 Å². The van der Waals surface area contributed by atoms with E-state index in [9.17, 15) is 4.79 Å². The molecule has 168 valence electrons. The van der Waals surface area contributed by atoms with E-state index in [-0.39, 0.29) is 5.91 Å². The molecule has 0 atom stereocenters. The SMILES string of the molecule is COc1cc2nc(NCCCCC(=O)NCc3ccc[nH]3)c3nnc(C)n3c2cc1OC. The van der Waals surface area contributed by atoms with Gasteiger partial charge in [0.15, 0.2) is 17.3 Å². The molecule has 0 radical (unpaired) electrons. The van der Waals surface area contributed by atoms with Crippen molar-refractivity contribution in [1.29, 1.82) is 0 Å². The molecule has 0 aliphatic carbocycles. The number of carbonyl (C=O) groups is 1. The number of aryl methyl sites for hydroxylation is 1. The standard InChI is InChI=1S/C22H27N7O3/c1-14-27-28-22-21(24-9-5-4-8-20(30)25-13-15-7-6-10-23-15)26-16-11-18(31-2)19(32-3)12-17(16)29(14)22/h6-7,10-12,23H,4-5,8-9,13H2,1-3H3,(H,24,26)(H,25,30). The van der Waals surface area contributed by atoms with Gasteiger partial charge in [-0.3, -0.25) is 9.20 Å². The van der Waals surface area contributed by atoms with E-state index in [0.29, 0.717) is 42.5 Å². The van der Waals surface area contributed by atoms with E-state index in [1.54, 1.807) is 14.2 Å². The minimum atomic E-state index is 0.0416. The number of amides is 1. The van der Waals surface area contributed by atoms with Crippen molar-refractivity contribution in [3.8, 4) is 11.5 Å². The van der Waals surface area contributed by atoms with E-state index in [1.807, 2.05) is 41.8 Å². The number of carbonyl (C=O) groups excluding carboxylic acids is 1. The van der Waals surface area contributed by atoms with Crippen molar-refractivity contribution in [3.63, 3.8) is 0 Å². The summed E-state index contributed by atoms with van der Waals surface area (Å²) in [6, 6.07) is 7.57. The number of hydrogen-bond donors (Lipinski definition) is 3. The Kier molecular flexibility index (Phi) is 6.39. The highest BCUT2D eigenvalue weighted by Crippen LogP contribution is 2.33. The Balaban J connectivity index is 1.41. The second kappa shape index (κ2) is 9.54. The Labute approximate surface area is 185 Å². The summed E-state index contributed by atoms with van der Waals surface area (Å²) in [5, 5.41) is 14.8. The number of aromatic nitrogens is 5. The third kappa shape index (κ3) is 4.43. The number of benzene rings is 1. The molecular weight excluding hydrogens is 410 g/mol. The van der Waals surface area contributed by atoms with Gasteiger partial charge in [-0.25, -0.2) is 4.98 Å². The van der Waals surface area contributed by atoms with E-state index in [1.165, 1.54) is 0 Å². The molecule has 0 bridgehead atoms. The monoisotopic (exact) mass is 437 g/mol. The lowest BCUT2D eigenvalue weighted by Gasteiger charge is -2.13. The number of anilines is 1. The van der Waals surface area contributed by atoms with Crippen LogP contribution in [0.15, 0.2) is 30.5 Å². The third-order valence-electron chi connectivity index (χ3n) is 5.25. The van der Waals surface area contributed by atoms with Gasteiger partial charge in [-0.05, 0) is 31.9 Å². The van der Waals surface area contributed by atoms with E-state index in [0.717, 1.165) is 35.4 Å². The van der Waals surface area contributed by atoms with Gasteiger partial charge in [-0.1, -0.05) is 0 Å². The molecule has 32 heavy (non-hydrogen) atoms. The van der Waals surface area contributed by atoms with Crippen LogP contribution in [0.25, 0.3) is 16.7 Å². The number of unbranched alkanes of at least 4 members (excludes halogenated alkanes) is 1. The molecule has 1 aromatic carbocycles. The molecule has 4 aromatic rings. The lowest BCUT2D eigenvalue weighted by atomic mass is 10.2. The summed E-state index contributed by atoms with van der Waals surface area (Å²) in [5.74, 6) is 2.66. The molecule has 0 saturated heterocycles. The smallest absolute Gasteiger partial charge is 0.220 e. The number of H-pyrrole nitrogens is 1. The molecule has 0 aliphatic rings. The number of nitrogens with one attached hydrogen (secondary N) is 3. The molecule has 0 aliphatic heterocycles. The highest BCUT2D eigenvalue weighted by molar-refractivity contribution is 5.85. The zero-order valence-electron chi connectivity index (χ0n) is 18.4. The van der Waals surface area contributed by atoms with Crippen LogP contribution in [-0.2, 0) is 11.3 Å². The van der Waals surface area contributed by atoms with Crippen molar-refractivity contribution in [2.45, 2.75) is 32.7 Å². The quantitative estimate of drug-likeness (QED) is 0.327. The summed E-state index contributed by atoms with van der Waals surface area (Å²) < 4.78 is 12.8. The van der Waals surface area contributed by atoms with Crippen LogP contribution in [0.1, 0.15) is 30.8 Å². The first kappa shape index (κ1) is 21.4. The van der Waals surface area contributed by atoms with Crippen LogP contribution >= 0.6 is 0 Å². The van der Waals surface area contributed by atoms with E-state index >= 15 is 0 Å². The maximum Gasteiger partial charge on any atom is 0.220 e. The summed E-state index contributed by atoms with van der Waals surface area (Å²) >= 11 is 0. The van der Waals surface area contributed by atoms with Gasteiger partial charge in [0.2, 0.25) is 11.6 Å². The molecule has 0 fully saturated rings. The normalized spacial score (nSPS) is 11.1. The summed E-state index contributed by atoms with van der Waals surface area (Å²) in [6.45, 7) is 3.08. The molecule has 10 heteroatoms. The highest BCUT2D eigenvalue weighted by atomic mass is 16.5. The second-order valence-electron chi connectivity index (χ2n) is 7.42. The Hall–Kier alpha value is -3.82. The van der Waals surface area contributed by atoms with E-state index < -0.39 is 0 Å². The van der Waals surface area contributed by atoms with Gasteiger partial charge in [0, 0.05) is 37.0 Å². The number of nitrogens with zero attached hydrogens (tertiary/aromatic N) is 4. The van der Waals surface area contributed by atoms with Crippen LogP contribution in [0, 0.1) is 6.92 Å². The number of ether oxygens (including phenoxy) is 2. The maximum absolute atomic E-state index is 12.0. The number of fused-ring (bicyclic) bond motifs is 3. The van der Waals surface area contributed by atoms with Gasteiger partial charge < -0.3 is 25.1 Å². The number of rotatable bonds is 10. The van der Waals surface area contributed by atoms with Crippen LogP contribution in [0.4, 0.5) is 5.82 Å². The van der Waals surface area contributed by atoms with Gasteiger partial charge in [0.25, 0.3) is 0 Å². The fourth-order valence-electron chi connectivity index (χ4n) is 3.60. The topological polar surface area (TPSA) is 118 Å². The van der Waals surface area contributed by atoms with Crippen molar-refractivity contribution in [3.05, 3.63) is 42.0 Å². The first-order valence-electron chi connectivity index (χ1n) is 10.5. The highest BCUT2D eigenvalue weighted by Gasteiger charge is 2.16. The summed E-state index contributed by atoms with van der Waals surface area (Å²) in [6.07, 6.45) is 3.91. The number of methoxy groups -OCH3 is 2. The van der Waals surface area contributed by atoms with Crippen molar-refractivity contribution >= 4 is 28.4 Å². The zero-order valence-corrected chi connectivity index (χ0v) is 18.4. The van der Waals surface area contributed by atoms with E-state index in [4.69, 9.17) is 14.5 Å². The second-order valence-corrected chi connectivity index (χ2v) is 7.42. The van der Waals surface area contributed by atoms with Crippen molar-refractivity contribution in [1.82, 2.24) is 29.9 Å². The third-order valence-corrected chi connectivity index (χ3v) is 5.25. The molecule has 3 N–H and O–H groups in total. The molecule has 0 spiro atoms. The molecule has 0 saturated carbocycles. The predicted molar refractivity (Wildman–Crippen MR) is 121 cm³/mol. The Bertz CT molecular complexity index is 1220. The van der Waals surface area contributed by atoms with Crippen molar-refractivity contribution in [2.75, 3.05) is 26.1 Å². The fourth-order valence-corrected chi connectivity index (χ4v) is 3.60. The van der Waals surface area contributed by atoms with Crippen LogP contribution in [0.3, 0.4) is 0 Å². The molecule has 1 amide bonds. The van der Waals surface area contributed by atoms with Crippen molar-refractivity contribution in [2.24, 2.45) is 0 Å². The maximum atomic E-state index is 12.0. The van der Waals surface area contributed by atoms with Gasteiger partial charge >= 0.3 is 0 Å². The van der Waals surface area contributed by atoms with Gasteiger partial charge in [0.05, 0.1) is 31.8 Å². The van der Waals surface area contributed by atoms with Gasteiger partial charge in [-0.15, -0.1) is 10.2 Å². The lowest BCUT2D eigenvalue weighted by molar-refractivity contribution is -0.121. The Morgan fingerprint density at radius 2 is 1.97 bits per heavy atom. The van der Waals surface area contributed by atoms with Crippen LogP contribution in [0.2, 0.25) is 0 Å². The minimum Gasteiger partial charge on any atom is -0.493 e. The first-order chi connectivity index (χ1) is 15.6. The predicted octanol–water partition coefficient (Wildman–Crippen LogP) is 2.83.